The van der Waals surface area contributed by atoms with E-state index in [1.54, 1.807) is 18.4 Å². The lowest BCUT2D eigenvalue weighted by Crippen LogP contribution is -2.29. The van der Waals surface area contributed by atoms with Crippen LogP contribution in [0.1, 0.15) is 37.9 Å². The molecular weight excluding hydrogens is 286 g/mol. The molecular formula is C15H15N3O4. The number of ether oxygens (including phenoxy) is 3. The summed E-state index contributed by atoms with van der Waals surface area (Å²) in [7, 11) is 0. The van der Waals surface area contributed by atoms with Gasteiger partial charge in [0.05, 0.1) is 12.4 Å². The molecule has 114 valence electrons. The molecule has 0 N–H and O–H groups in total. The van der Waals surface area contributed by atoms with Gasteiger partial charge < -0.3 is 19.0 Å². The van der Waals surface area contributed by atoms with Crippen molar-refractivity contribution in [2.75, 3.05) is 0 Å². The van der Waals surface area contributed by atoms with Crippen LogP contribution in [0, 0.1) is 23.7 Å². The summed E-state index contributed by atoms with van der Waals surface area (Å²) in [6, 6.07) is 1.94. The highest BCUT2D eigenvalue weighted by molar-refractivity contribution is 5.50. The predicted molar refractivity (Wildman–Crippen MR) is 73.3 cm³/mol. The van der Waals surface area contributed by atoms with Gasteiger partial charge in [0, 0.05) is 6.42 Å². The Morgan fingerprint density at radius 3 is 2.86 bits per heavy atom. The summed E-state index contributed by atoms with van der Waals surface area (Å²) in [6.45, 7) is 3.61. The van der Waals surface area contributed by atoms with E-state index >= 15 is 0 Å². The summed E-state index contributed by atoms with van der Waals surface area (Å²) in [5.41, 5.74) is 0.478. The second-order valence-corrected chi connectivity index (χ2v) is 5.64. The third-order valence-corrected chi connectivity index (χ3v) is 3.76. The molecule has 1 aromatic heterocycles. The van der Waals surface area contributed by atoms with Gasteiger partial charge in [0.2, 0.25) is 0 Å². The molecule has 22 heavy (non-hydrogen) atoms. The van der Waals surface area contributed by atoms with Crippen molar-refractivity contribution in [3.63, 3.8) is 0 Å². The van der Waals surface area contributed by atoms with Crippen LogP contribution in [0.4, 0.5) is 0 Å². The summed E-state index contributed by atoms with van der Waals surface area (Å²) in [4.78, 5) is 14.8. The van der Waals surface area contributed by atoms with Crippen molar-refractivity contribution in [3.8, 4) is 18.4 Å². The van der Waals surface area contributed by atoms with Crippen molar-refractivity contribution in [1.82, 2.24) is 9.55 Å². The number of hydrogen-bond donors (Lipinski definition) is 0. The first-order valence-corrected chi connectivity index (χ1v) is 6.89. The van der Waals surface area contributed by atoms with Gasteiger partial charge in [-0.05, 0) is 19.8 Å². The first kappa shape index (κ1) is 14.7. The predicted octanol–water partition coefficient (Wildman–Crippen LogP) is 0.743. The number of carbonyl (C=O) groups excluding carboxylic acids is 1. The van der Waals surface area contributed by atoms with Crippen LogP contribution in [-0.4, -0.2) is 39.9 Å². The van der Waals surface area contributed by atoms with Gasteiger partial charge in [-0.1, -0.05) is 0 Å². The van der Waals surface area contributed by atoms with E-state index in [-0.39, 0.29) is 18.2 Å². The molecule has 0 saturated carbocycles. The third-order valence-electron chi connectivity index (χ3n) is 3.76. The molecule has 7 nitrogen and oxygen atoms in total. The maximum absolute atomic E-state index is 10.9. The molecule has 2 fully saturated rings. The minimum absolute atomic E-state index is 0.152. The number of fused-ring (bicyclic) bond motifs is 1. The quantitative estimate of drug-likeness (QED) is 0.604. The Hall–Kier alpha value is -2.19. The number of imidazole rings is 1. The van der Waals surface area contributed by atoms with Gasteiger partial charge in [0.25, 0.3) is 0 Å². The van der Waals surface area contributed by atoms with Gasteiger partial charge in [-0.2, -0.15) is 5.26 Å². The van der Waals surface area contributed by atoms with Crippen LogP contribution in [0.5, 0.6) is 0 Å². The molecule has 0 aromatic carbocycles. The summed E-state index contributed by atoms with van der Waals surface area (Å²) < 4.78 is 19.2. The SMILES string of the molecule is C#Cc1c(C#N)ncn1[C@@H]1O[C@H](CC=O)[C@H]2OC(C)(C)O[C@H]21. The molecule has 0 radical (unpaired) electrons. The van der Waals surface area contributed by atoms with Crippen molar-refractivity contribution in [3.05, 3.63) is 17.7 Å². The molecule has 3 heterocycles. The molecule has 0 bridgehead atoms. The van der Waals surface area contributed by atoms with Crippen LogP contribution in [0.15, 0.2) is 6.33 Å². The van der Waals surface area contributed by atoms with E-state index in [9.17, 15) is 4.79 Å². The molecule has 2 aliphatic heterocycles. The lowest BCUT2D eigenvalue weighted by Gasteiger charge is -2.24. The van der Waals surface area contributed by atoms with Crippen molar-refractivity contribution in [2.45, 2.75) is 50.6 Å². The van der Waals surface area contributed by atoms with Crippen LogP contribution in [0.25, 0.3) is 0 Å². The Labute approximate surface area is 127 Å². The second kappa shape index (κ2) is 5.22. The van der Waals surface area contributed by atoms with Crippen molar-refractivity contribution >= 4 is 6.29 Å². The van der Waals surface area contributed by atoms with Gasteiger partial charge in [0.15, 0.2) is 17.7 Å². The Morgan fingerprint density at radius 1 is 1.50 bits per heavy atom. The minimum atomic E-state index is -0.770. The topological polar surface area (TPSA) is 86.4 Å². The normalized spacial score (nSPS) is 32.2. The summed E-state index contributed by atoms with van der Waals surface area (Å²) >= 11 is 0. The van der Waals surface area contributed by atoms with E-state index < -0.39 is 24.2 Å². The van der Waals surface area contributed by atoms with E-state index in [4.69, 9.17) is 25.9 Å². The van der Waals surface area contributed by atoms with Gasteiger partial charge >= 0.3 is 0 Å². The Bertz CT molecular complexity index is 682. The highest BCUT2D eigenvalue weighted by Crippen LogP contribution is 2.44. The molecule has 2 aliphatic rings. The first-order chi connectivity index (χ1) is 10.5. The lowest BCUT2D eigenvalue weighted by molar-refractivity contribution is -0.197. The largest absolute Gasteiger partial charge is 0.349 e. The molecule has 0 amide bonds. The fourth-order valence-corrected chi connectivity index (χ4v) is 2.95. The molecule has 4 atom stereocenters. The van der Waals surface area contributed by atoms with Crippen LogP contribution < -0.4 is 0 Å². The van der Waals surface area contributed by atoms with E-state index in [2.05, 4.69) is 10.9 Å². The zero-order valence-corrected chi connectivity index (χ0v) is 12.2. The molecule has 2 saturated heterocycles. The van der Waals surface area contributed by atoms with Gasteiger partial charge in [0.1, 0.15) is 30.3 Å². The molecule has 1 aromatic rings. The highest BCUT2D eigenvalue weighted by atomic mass is 16.8. The monoisotopic (exact) mass is 301 g/mol. The molecule has 0 aliphatic carbocycles. The lowest BCUT2D eigenvalue weighted by atomic mass is 10.1. The maximum atomic E-state index is 10.9. The van der Waals surface area contributed by atoms with Gasteiger partial charge in [-0.15, -0.1) is 6.42 Å². The maximum Gasteiger partial charge on any atom is 0.174 e. The van der Waals surface area contributed by atoms with Gasteiger partial charge in [-0.3, -0.25) is 4.57 Å². The Balaban J connectivity index is 1.98. The number of carbonyl (C=O) groups is 1. The van der Waals surface area contributed by atoms with E-state index in [1.165, 1.54) is 6.33 Å². The number of terminal acetylenes is 1. The number of rotatable bonds is 3. The average molecular weight is 301 g/mol. The van der Waals surface area contributed by atoms with Crippen molar-refractivity contribution < 1.29 is 19.0 Å². The summed E-state index contributed by atoms with van der Waals surface area (Å²) in [5.74, 6) is 1.68. The van der Waals surface area contributed by atoms with Crippen molar-refractivity contribution in [2.24, 2.45) is 0 Å². The Kier molecular flexibility index (Phi) is 3.50. The molecule has 7 heteroatoms. The first-order valence-electron chi connectivity index (χ1n) is 6.89. The molecule has 3 rings (SSSR count). The Morgan fingerprint density at radius 2 is 2.23 bits per heavy atom. The number of nitrogens with zero attached hydrogens (tertiary/aromatic N) is 3. The van der Waals surface area contributed by atoms with Crippen LogP contribution in [0.3, 0.4) is 0 Å². The fourth-order valence-electron chi connectivity index (χ4n) is 2.95. The number of hydrogen-bond acceptors (Lipinski definition) is 6. The zero-order chi connectivity index (χ0) is 15.9. The number of aromatic nitrogens is 2. The van der Waals surface area contributed by atoms with Gasteiger partial charge in [-0.25, -0.2) is 4.98 Å². The van der Waals surface area contributed by atoms with Crippen LogP contribution in [0.2, 0.25) is 0 Å². The second-order valence-electron chi connectivity index (χ2n) is 5.64. The standard InChI is InChI=1S/C15H15N3O4/c1-4-10-9(7-16)17-8-18(10)14-13-12(11(20-14)5-6-19)21-15(2,3)22-13/h1,6,8,11-14H,5H2,2-3H3/t11-,12-,13-,14-/m1/s1. The third kappa shape index (κ3) is 2.20. The summed E-state index contributed by atoms with van der Waals surface area (Å²) in [5, 5.41) is 9.05. The van der Waals surface area contributed by atoms with Crippen LogP contribution in [-0.2, 0) is 19.0 Å². The molecule has 0 spiro atoms. The van der Waals surface area contributed by atoms with Crippen molar-refractivity contribution in [1.29, 1.82) is 5.26 Å². The van der Waals surface area contributed by atoms with E-state index in [0.29, 0.717) is 5.69 Å². The molecule has 0 unspecified atom stereocenters. The zero-order valence-electron chi connectivity index (χ0n) is 12.2. The number of nitriles is 1. The van der Waals surface area contributed by atoms with Crippen LogP contribution >= 0.6 is 0 Å². The smallest absolute Gasteiger partial charge is 0.174 e. The van der Waals surface area contributed by atoms with E-state index in [0.717, 1.165) is 6.29 Å². The number of aldehydes is 1. The average Bonchev–Trinajstić information content (AvgIpc) is 3.10. The minimum Gasteiger partial charge on any atom is -0.349 e. The summed E-state index contributed by atoms with van der Waals surface area (Å²) in [6.07, 6.45) is 6.11. The fraction of sp³-hybridized carbons (Fsp3) is 0.533. The highest BCUT2D eigenvalue weighted by Gasteiger charge is 2.55. The van der Waals surface area contributed by atoms with E-state index in [1.807, 2.05) is 6.07 Å².